The summed E-state index contributed by atoms with van der Waals surface area (Å²) >= 11 is 1.92. The van der Waals surface area contributed by atoms with Gasteiger partial charge in [-0.25, -0.2) is 0 Å². The summed E-state index contributed by atoms with van der Waals surface area (Å²) < 4.78 is 0. The molecule has 2 nitrogen and oxygen atoms in total. The first-order valence-electron chi connectivity index (χ1n) is 5.24. The zero-order chi connectivity index (χ0) is 9.52. The van der Waals surface area contributed by atoms with Crippen molar-refractivity contribution < 1.29 is 0 Å². The SMILES string of the molecule is CSCCNC1CCCN(C)CC1. The summed E-state index contributed by atoms with van der Waals surface area (Å²) in [5.41, 5.74) is 0. The zero-order valence-corrected chi connectivity index (χ0v) is 9.70. The largest absolute Gasteiger partial charge is 0.313 e. The van der Waals surface area contributed by atoms with E-state index in [2.05, 4.69) is 23.5 Å². The van der Waals surface area contributed by atoms with E-state index in [0.717, 1.165) is 6.04 Å². The van der Waals surface area contributed by atoms with Crippen molar-refractivity contribution in [1.82, 2.24) is 10.2 Å². The Balaban J connectivity index is 2.11. The van der Waals surface area contributed by atoms with Gasteiger partial charge in [-0.05, 0) is 45.7 Å². The Bertz CT molecular complexity index is 130. The fourth-order valence-corrected chi connectivity index (χ4v) is 2.13. The van der Waals surface area contributed by atoms with Crippen LogP contribution in [0.5, 0.6) is 0 Å². The highest BCUT2D eigenvalue weighted by molar-refractivity contribution is 7.98. The van der Waals surface area contributed by atoms with E-state index in [1.165, 1.54) is 44.6 Å². The third-order valence-corrected chi connectivity index (χ3v) is 3.30. The van der Waals surface area contributed by atoms with Crippen LogP contribution in [-0.2, 0) is 0 Å². The van der Waals surface area contributed by atoms with Crippen LogP contribution >= 0.6 is 11.8 Å². The van der Waals surface area contributed by atoms with E-state index in [-0.39, 0.29) is 0 Å². The lowest BCUT2D eigenvalue weighted by atomic mass is 10.1. The summed E-state index contributed by atoms with van der Waals surface area (Å²) in [6.45, 7) is 3.72. The maximum Gasteiger partial charge on any atom is 0.00800 e. The summed E-state index contributed by atoms with van der Waals surface area (Å²) in [5, 5.41) is 3.64. The van der Waals surface area contributed by atoms with Crippen LogP contribution in [0.25, 0.3) is 0 Å². The van der Waals surface area contributed by atoms with E-state index < -0.39 is 0 Å². The Kier molecular flexibility index (Phi) is 5.83. The second kappa shape index (κ2) is 6.68. The number of nitrogens with one attached hydrogen (secondary N) is 1. The Morgan fingerprint density at radius 2 is 2.23 bits per heavy atom. The van der Waals surface area contributed by atoms with Crippen LogP contribution in [-0.4, -0.2) is 49.6 Å². The molecule has 1 N–H and O–H groups in total. The van der Waals surface area contributed by atoms with E-state index in [4.69, 9.17) is 0 Å². The van der Waals surface area contributed by atoms with E-state index in [1.807, 2.05) is 11.8 Å². The van der Waals surface area contributed by atoms with Gasteiger partial charge in [0.15, 0.2) is 0 Å². The molecule has 1 heterocycles. The molecule has 0 spiro atoms. The van der Waals surface area contributed by atoms with Gasteiger partial charge in [-0.1, -0.05) is 0 Å². The highest BCUT2D eigenvalue weighted by Crippen LogP contribution is 2.09. The van der Waals surface area contributed by atoms with Crippen LogP contribution in [0.2, 0.25) is 0 Å². The lowest BCUT2D eigenvalue weighted by Gasteiger charge is -2.16. The van der Waals surface area contributed by atoms with E-state index >= 15 is 0 Å². The maximum atomic E-state index is 3.64. The molecular weight excluding hydrogens is 180 g/mol. The molecule has 3 heteroatoms. The third kappa shape index (κ3) is 4.89. The predicted octanol–water partition coefficient (Wildman–Crippen LogP) is 1.42. The van der Waals surface area contributed by atoms with Crippen LogP contribution in [0.1, 0.15) is 19.3 Å². The molecule has 1 atom stereocenters. The Morgan fingerprint density at radius 3 is 3.00 bits per heavy atom. The van der Waals surface area contributed by atoms with Gasteiger partial charge in [0.25, 0.3) is 0 Å². The van der Waals surface area contributed by atoms with E-state index in [0.29, 0.717) is 0 Å². The predicted molar refractivity (Wildman–Crippen MR) is 61.5 cm³/mol. The van der Waals surface area contributed by atoms with Crippen LogP contribution in [0.3, 0.4) is 0 Å². The van der Waals surface area contributed by atoms with Crippen LogP contribution in [0.15, 0.2) is 0 Å². The van der Waals surface area contributed by atoms with Crippen molar-refractivity contribution in [3.05, 3.63) is 0 Å². The number of hydrogen-bond donors (Lipinski definition) is 1. The topological polar surface area (TPSA) is 15.3 Å². The van der Waals surface area contributed by atoms with Gasteiger partial charge < -0.3 is 10.2 Å². The van der Waals surface area contributed by atoms with Crippen LogP contribution in [0.4, 0.5) is 0 Å². The smallest absolute Gasteiger partial charge is 0.00800 e. The van der Waals surface area contributed by atoms with Crippen molar-refractivity contribution in [1.29, 1.82) is 0 Å². The molecule has 0 aliphatic carbocycles. The Morgan fingerprint density at radius 1 is 1.38 bits per heavy atom. The van der Waals surface area contributed by atoms with Crippen LogP contribution < -0.4 is 5.32 Å². The summed E-state index contributed by atoms with van der Waals surface area (Å²) in [6.07, 6.45) is 6.21. The molecule has 0 aromatic heterocycles. The van der Waals surface area contributed by atoms with Crippen molar-refractivity contribution in [2.24, 2.45) is 0 Å². The zero-order valence-electron chi connectivity index (χ0n) is 8.88. The summed E-state index contributed by atoms with van der Waals surface area (Å²) in [5.74, 6) is 1.24. The number of likely N-dealkylation sites (tertiary alicyclic amines) is 1. The van der Waals surface area contributed by atoms with Gasteiger partial charge in [-0.15, -0.1) is 0 Å². The lowest BCUT2D eigenvalue weighted by molar-refractivity contribution is 0.344. The molecule has 0 aromatic carbocycles. The van der Waals surface area contributed by atoms with Crippen LogP contribution in [0, 0.1) is 0 Å². The van der Waals surface area contributed by atoms with Crippen molar-refractivity contribution in [2.45, 2.75) is 25.3 Å². The molecule has 78 valence electrons. The van der Waals surface area contributed by atoms with Gasteiger partial charge in [0, 0.05) is 18.3 Å². The first kappa shape index (κ1) is 11.3. The quantitative estimate of drug-likeness (QED) is 0.694. The molecule has 1 unspecified atom stereocenters. The van der Waals surface area contributed by atoms with Gasteiger partial charge in [0.2, 0.25) is 0 Å². The van der Waals surface area contributed by atoms with Crippen molar-refractivity contribution in [3.8, 4) is 0 Å². The van der Waals surface area contributed by atoms with Crippen molar-refractivity contribution >= 4 is 11.8 Å². The molecule has 0 bridgehead atoms. The lowest BCUT2D eigenvalue weighted by Crippen LogP contribution is -2.31. The molecule has 1 aliphatic heterocycles. The number of thioether (sulfide) groups is 1. The van der Waals surface area contributed by atoms with Gasteiger partial charge in [-0.2, -0.15) is 11.8 Å². The van der Waals surface area contributed by atoms with E-state index in [1.54, 1.807) is 0 Å². The number of rotatable bonds is 4. The molecule has 13 heavy (non-hydrogen) atoms. The summed E-state index contributed by atoms with van der Waals surface area (Å²) in [6, 6.07) is 0.775. The minimum absolute atomic E-state index is 0.775. The molecule has 0 saturated carbocycles. The Hall–Kier alpha value is 0.270. The average Bonchev–Trinajstić information content (AvgIpc) is 2.32. The standard InChI is InChI=1S/C10H22N2S/c1-12-7-3-4-10(5-8-12)11-6-9-13-2/h10-11H,3-9H2,1-2H3. The molecule has 0 amide bonds. The molecule has 0 aromatic rings. The molecular formula is C10H22N2S. The number of nitrogens with zero attached hydrogens (tertiary/aromatic N) is 1. The second-order valence-corrected chi connectivity index (χ2v) is 4.86. The summed E-state index contributed by atoms with van der Waals surface area (Å²) in [4.78, 5) is 2.44. The highest BCUT2D eigenvalue weighted by Gasteiger charge is 2.13. The van der Waals surface area contributed by atoms with Gasteiger partial charge in [0.1, 0.15) is 0 Å². The fraction of sp³-hybridized carbons (Fsp3) is 1.00. The average molecular weight is 202 g/mol. The maximum absolute atomic E-state index is 3.64. The third-order valence-electron chi connectivity index (χ3n) is 2.69. The van der Waals surface area contributed by atoms with Gasteiger partial charge in [0.05, 0.1) is 0 Å². The minimum Gasteiger partial charge on any atom is -0.313 e. The molecule has 1 aliphatic rings. The monoisotopic (exact) mass is 202 g/mol. The van der Waals surface area contributed by atoms with Crippen molar-refractivity contribution in [3.63, 3.8) is 0 Å². The molecule has 1 fully saturated rings. The second-order valence-electron chi connectivity index (χ2n) is 3.88. The van der Waals surface area contributed by atoms with Crippen molar-refractivity contribution in [2.75, 3.05) is 38.7 Å². The van der Waals surface area contributed by atoms with E-state index in [9.17, 15) is 0 Å². The van der Waals surface area contributed by atoms with Gasteiger partial charge >= 0.3 is 0 Å². The highest BCUT2D eigenvalue weighted by atomic mass is 32.2. The normalized spacial score (nSPS) is 25.8. The summed E-state index contributed by atoms with van der Waals surface area (Å²) in [7, 11) is 2.23. The first-order valence-corrected chi connectivity index (χ1v) is 6.63. The fourth-order valence-electron chi connectivity index (χ4n) is 1.81. The van der Waals surface area contributed by atoms with Gasteiger partial charge in [-0.3, -0.25) is 0 Å². The molecule has 0 radical (unpaired) electrons. The first-order chi connectivity index (χ1) is 6.33. The Labute approximate surface area is 86.5 Å². The minimum atomic E-state index is 0.775. The molecule has 1 rings (SSSR count). The number of hydrogen-bond acceptors (Lipinski definition) is 3. The molecule has 1 saturated heterocycles.